The van der Waals surface area contributed by atoms with Crippen molar-refractivity contribution in [3.05, 3.63) is 29.6 Å². The van der Waals surface area contributed by atoms with Crippen LogP contribution in [0.5, 0.6) is 5.75 Å². The van der Waals surface area contributed by atoms with Gasteiger partial charge in [-0.15, -0.1) is 0 Å². The first-order valence-corrected chi connectivity index (χ1v) is 5.83. The molecule has 1 N–H and O–H groups in total. The third-order valence-corrected chi connectivity index (χ3v) is 2.47. The standard InChI is InChI=1S/C13H16FNO2/c1-8(2)17-12-6-3-9(7-11(12)14)13(16)15-10-4-5-10/h3,6-8,10H,4-5H2,1-2H3,(H,15,16). The normalized spacial score (nSPS) is 14.8. The second kappa shape index (κ2) is 4.73. The van der Waals surface area contributed by atoms with Crippen LogP contribution in [0.3, 0.4) is 0 Å². The molecule has 3 nitrogen and oxygen atoms in total. The molecule has 1 aliphatic rings. The van der Waals surface area contributed by atoms with Gasteiger partial charge in [0.2, 0.25) is 0 Å². The predicted octanol–water partition coefficient (Wildman–Crippen LogP) is 2.51. The Kier molecular flexibility index (Phi) is 3.31. The van der Waals surface area contributed by atoms with E-state index in [1.807, 2.05) is 13.8 Å². The minimum absolute atomic E-state index is 0.0874. The number of nitrogens with one attached hydrogen (secondary N) is 1. The highest BCUT2D eigenvalue weighted by atomic mass is 19.1. The van der Waals surface area contributed by atoms with Gasteiger partial charge in [0, 0.05) is 11.6 Å². The highest BCUT2D eigenvalue weighted by Gasteiger charge is 2.24. The van der Waals surface area contributed by atoms with Crippen LogP contribution < -0.4 is 10.1 Å². The maximum Gasteiger partial charge on any atom is 0.251 e. The van der Waals surface area contributed by atoms with Crippen molar-refractivity contribution in [1.82, 2.24) is 5.32 Å². The van der Waals surface area contributed by atoms with Gasteiger partial charge in [-0.05, 0) is 44.9 Å². The highest BCUT2D eigenvalue weighted by Crippen LogP contribution is 2.22. The van der Waals surface area contributed by atoms with Crippen molar-refractivity contribution in [3.63, 3.8) is 0 Å². The van der Waals surface area contributed by atoms with Crippen LogP contribution in [0.25, 0.3) is 0 Å². The maximum absolute atomic E-state index is 13.6. The monoisotopic (exact) mass is 237 g/mol. The molecule has 1 amide bonds. The fourth-order valence-electron chi connectivity index (χ4n) is 1.49. The van der Waals surface area contributed by atoms with Crippen LogP contribution in [0.4, 0.5) is 4.39 Å². The molecular weight excluding hydrogens is 221 g/mol. The van der Waals surface area contributed by atoms with Gasteiger partial charge in [-0.25, -0.2) is 4.39 Å². The van der Waals surface area contributed by atoms with E-state index in [2.05, 4.69) is 5.32 Å². The zero-order valence-corrected chi connectivity index (χ0v) is 10.00. The van der Waals surface area contributed by atoms with Gasteiger partial charge in [0.25, 0.3) is 5.91 Å². The van der Waals surface area contributed by atoms with Crippen LogP contribution in [0.1, 0.15) is 37.0 Å². The Bertz CT molecular complexity index is 427. The smallest absolute Gasteiger partial charge is 0.251 e. The Morgan fingerprint density at radius 2 is 2.18 bits per heavy atom. The molecule has 0 atom stereocenters. The molecule has 0 heterocycles. The number of carbonyl (C=O) groups excluding carboxylic acids is 1. The van der Waals surface area contributed by atoms with E-state index >= 15 is 0 Å². The largest absolute Gasteiger partial charge is 0.488 e. The predicted molar refractivity (Wildman–Crippen MR) is 62.7 cm³/mol. The van der Waals surface area contributed by atoms with Gasteiger partial charge in [-0.1, -0.05) is 0 Å². The first-order chi connectivity index (χ1) is 8.06. The Morgan fingerprint density at radius 1 is 1.47 bits per heavy atom. The van der Waals surface area contributed by atoms with E-state index in [0.717, 1.165) is 12.8 Å². The molecular formula is C13H16FNO2. The van der Waals surface area contributed by atoms with Gasteiger partial charge < -0.3 is 10.1 Å². The first kappa shape index (κ1) is 11.9. The van der Waals surface area contributed by atoms with E-state index in [1.54, 1.807) is 6.07 Å². The number of amides is 1. The summed E-state index contributed by atoms with van der Waals surface area (Å²) >= 11 is 0. The number of rotatable bonds is 4. The number of halogens is 1. The molecule has 1 fully saturated rings. The lowest BCUT2D eigenvalue weighted by Crippen LogP contribution is -2.25. The second-order valence-corrected chi connectivity index (χ2v) is 4.56. The van der Waals surface area contributed by atoms with Crippen molar-refractivity contribution >= 4 is 5.91 Å². The molecule has 0 saturated heterocycles. The van der Waals surface area contributed by atoms with Gasteiger partial charge in [0.05, 0.1) is 6.10 Å². The average Bonchev–Trinajstić information content (AvgIpc) is 3.04. The van der Waals surface area contributed by atoms with E-state index in [0.29, 0.717) is 5.56 Å². The molecule has 2 rings (SSSR count). The second-order valence-electron chi connectivity index (χ2n) is 4.56. The SMILES string of the molecule is CC(C)Oc1ccc(C(=O)NC2CC2)cc1F. The molecule has 0 aromatic heterocycles. The van der Waals surface area contributed by atoms with E-state index in [9.17, 15) is 9.18 Å². The van der Waals surface area contributed by atoms with Crippen LogP contribution in [0.15, 0.2) is 18.2 Å². The minimum atomic E-state index is -0.498. The van der Waals surface area contributed by atoms with Crippen LogP contribution in [-0.4, -0.2) is 18.1 Å². The fraction of sp³-hybridized carbons (Fsp3) is 0.462. The van der Waals surface area contributed by atoms with Crippen LogP contribution in [0, 0.1) is 5.82 Å². The van der Waals surface area contributed by atoms with Gasteiger partial charge in [-0.3, -0.25) is 4.79 Å². The number of ether oxygens (including phenoxy) is 1. The lowest BCUT2D eigenvalue weighted by Gasteiger charge is -2.11. The lowest BCUT2D eigenvalue weighted by molar-refractivity contribution is 0.0950. The molecule has 0 spiro atoms. The first-order valence-electron chi connectivity index (χ1n) is 5.83. The zero-order chi connectivity index (χ0) is 12.4. The number of hydrogen-bond donors (Lipinski definition) is 1. The molecule has 4 heteroatoms. The molecule has 1 aromatic rings. The molecule has 92 valence electrons. The summed E-state index contributed by atoms with van der Waals surface area (Å²) in [5.41, 5.74) is 0.338. The van der Waals surface area contributed by atoms with Crippen LogP contribution in [0.2, 0.25) is 0 Å². The van der Waals surface area contributed by atoms with Gasteiger partial charge >= 0.3 is 0 Å². The molecule has 0 aliphatic heterocycles. The van der Waals surface area contributed by atoms with Crippen molar-refractivity contribution < 1.29 is 13.9 Å². The van der Waals surface area contributed by atoms with Crippen molar-refractivity contribution in [2.24, 2.45) is 0 Å². The van der Waals surface area contributed by atoms with E-state index in [4.69, 9.17) is 4.74 Å². The van der Waals surface area contributed by atoms with E-state index < -0.39 is 5.82 Å². The summed E-state index contributed by atoms with van der Waals surface area (Å²) in [6.07, 6.45) is 1.95. The number of hydrogen-bond acceptors (Lipinski definition) is 2. The van der Waals surface area contributed by atoms with Crippen LogP contribution >= 0.6 is 0 Å². The molecule has 0 radical (unpaired) electrons. The highest BCUT2D eigenvalue weighted by molar-refractivity contribution is 5.94. The van der Waals surface area contributed by atoms with Gasteiger partial charge in [0.1, 0.15) is 0 Å². The Morgan fingerprint density at radius 3 is 2.71 bits per heavy atom. The summed E-state index contributed by atoms with van der Waals surface area (Å²) in [6.45, 7) is 3.65. The Labute approximate surface area is 100.0 Å². The summed E-state index contributed by atoms with van der Waals surface area (Å²) in [5.74, 6) is -0.535. The summed E-state index contributed by atoms with van der Waals surface area (Å²) in [4.78, 5) is 11.7. The topological polar surface area (TPSA) is 38.3 Å². The van der Waals surface area contributed by atoms with Gasteiger partial charge in [0.15, 0.2) is 11.6 Å². The zero-order valence-electron chi connectivity index (χ0n) is 10.00. The average molecular weight is 237 g/mol. The van der Waals surface area contributed by atoms with Crippen molar-refractivity contribution in [3.8, 4) is 5.75 Å². The third kappa shape index (κ3) is 3.19. The van der Waals surface area contributed by atoms with Crippen molar-refractivity contribution in [1.29, 1.82) is 0 Å². The molecule has 1 saturated carbocycles. The molecule has 17 heavy (non-hydrogen) atoms. The summed E-state index contributed by atoms with van der Waals surface area (Å²) in [5, 5.41) is 2.81. The van der Waals surface area contributed by atoms with E-state index in [-0.39, 0.29) is 23.8 Å². The van der Waals surface area contributed by atoms with Gasteiger partial charge in [-0.2, -0.15) is 0 Å². The molecule has 1 aliphatic carbocycles. The third-order valence-electron chi connectivity index (χ3n) is 2.47. The van der Waals surface area contributed by atoms with Crippen LogP contribution in [-0.2, 0) is 0 Å². The molecule has 1 aromatic carbocycles. The fourth-order valence-corrected chi connectivity index (χ4v) is 1.49. The van der Waals surface area contributed by atoms with Crippen molar-refractivity contribution in [2.75, 3.05) is 0 Å². The van der Waals surface area contributed by atoms with Crippen molar-refractivity contribution in [2.45, 2.75) is 38.8 Å². The summed E-state index contributed by atoms with van der Waals surface area (Å²) in [7, 11) is 0. The quantitative estimate of drug-likeness (QED) is 0.873. The number of carbonyl (C=O) groups is 1. The lowest BCUT2D eigenvalue weighted by atomic mass is 10.2. The maximum atomic E-state index is 13.6. The Hall–Kier alpha value is -1.58. The molecule has 0 unspecified atom stereocenters. The Balaban J connectivity index is 2.08. The minimum Gasteiger partial charge on any atom is -0.488 e. The molecule has 0 bridgehead atoms. The summed E-state index contributed by atoms with van der Waals surface area (Å²) < 4.78 is 18.9. The summed E-state index contributed by atoms with van der Waals surface area (Å²) in [6, 6.07) is 4.57. The number of benzene rings is 1. The van der Waals surface area contributed by atoms with E-state index in [1.165, 1.54) is 12.1 Å².